The standard InChI is InChI=1S/C18H13FO2S/c19-14-3-1-2-13(11-14)17-8-9-18(22-17)16(21)10-12-4-6-15(20)7-5-12/h1-9,11,20H,10H2. The zero-order valence-electron chi connectivity index (χ0n) is 11.6. The molecule has 3 aromatic rings. The summed E-state index contributed by atoms with van der Waals surface area (Å²) < 4.78 is 13.3. The minimum Gasteiger partial charge on any atom is -0.508 e. The molecule has 0 atom stereocenters. The molecule has 0 aliphatic carbocycles. The van der Waals surface area contributed by atoms with Crippen molar-refractivity contribution in [2.24, 2.45) is 0 Å². The number of phenolic OH excluding ortho intramolecular Hbond substituents is 1. The van der Waals surface area contributed by atoms with Crippen LogP contribution in [0.5, 0.6) is 5.75 Å². The Labute approximate surface area is 131 Å². The van der Waals surface area contributed by atoms with Gasteiger partial charge in [-0.3, -0.25) is 4.79 Å². The van der Waals surface area contributed by atoms with Gasteiger partial charge in [0.25, 0.3) is 0 Å². The smallest absolute Gasteiger partial charge is 0.177 e. The molecular formula is C18H13FO2S. The number of benzene rings is 2. The quantitative estimate of drug-likeness (QED) is 0.710. The maximum absolute atomic E-state index is 13.3. The van der Waals surface area contributed by atoms with Crippen LogP contribution >= 0.6 is 11.3 Å². The summed E-state index contributed by atoms with van der Waals surface area (Å²) in [5, 5.41) is 9.25. The summed E-state index contributed by atoms with van der Waals surface area (Å²) in [4.78, 5) is 13.8. The highest BCUT2D eigenvalue weighted by Gasteiger charge is 2.11. The number of carbonyl (C=O) groups is 1. The average Bonchev–Trinajstić information content (AvgIpc) is 3.00. The molecule has 0 saturated heterocycles. The summed E-state index contributed by atoms with van der Waals surface area (Å²) >= 11 is 1.36. The first-order valence-corrected chi connectivity index (χ1v) is 7.60. The Hall–Kier alpha value is -2.46. The molecule has 0 spiro atoms. The number of ketones is 1. The fraction of sp³-hybridized carbons (Fsp3) is 0.0556. The van der Waals surface area contributed by atoms with E-state index in [-0.39, 0.29) is 23.8 Å². The van der Waals surface area contributed by atoms with Crippen molar-refractivity contribution in [3.8, 4) is 16.2 Å². The van der Waals surface area contributed by atoms with Gasteiger partial charge in [-0.05, 0) is 47.5 Å². The minimum absolute atomic E-state index is 0.0124. The van der Waals surface area contributed by atoms with E-state index in [1.807, 2.05) is 12.1 Å². The van der Waals surface area contributed by atoms with Gasteiger partial charge in [0, 0.05) is 11.3 Å². The number of rotatable bonds is 4. The number of carbonyl (C=O) groups excluding carboxylic acids is 1. The van der Waals surface area contributed by atoms with E-state index in [9.17, 15) is 14.3 Å². The predicted molar refractivity (Wildman–Crippen MR) is 85.9 cm³/mol. The number of hydrogen-bond donors (Lipinski definition) is 1. The van der Waals surface area contributed by atoms with Crippen LogP contribution < -0.4 is 0 Å². The maximum atomic E-state index is 13.3. The van der Waals surface area contributed by atoms with Gasteiger partial charge < -0.3 is 5.11 Å². The van der Waals surface area contributed by atoms with E-state index in [0.29, 0.717) is 4.88 Å². The summed E-state index contributed by atoms with van der Waals surface area (Å²) in [6.07, 6.45) is 0.281. The zero-order chi connectivity index (χ0) is 15.5. The van der Waals surface area contributed by atoms with Crippen molar-refractivity contribution in [1.82, 2.24) is 0 Å². The molecule has 1 N–H and O–H groups in total. The van der Waals surface area contributed by atoms with Crippen LogP contribution in [0.3, 0.4) is 0 Å². The molecule has 1 heterocycles. The molecule has 0 bridgehead atoms. The van der Waals surface area contributed by atoms with Gasteiger partial charge in [-0.25, -0.2) is 4.39 Å². The van der Waals surface area contributed by atoms with Crippen LogP contribution in [0.1, 0.15) is 15.2 Å². The number of phenols is 1. The third-order valence-electron chi connectivity index (χ3n) is 3.29. The monoisotopic (exact) mass is 312 g/mol. The van der Waals surface area contributed by atoms with Crippen molar-refractivity contribution in [3.63, 3.8) is 0 Å². The Bertz CT molecular complexity index is 806. The average molecular weight is 312 g/mol. The van der Waals surface area contributed by atoms with Crippen LogP contribution in [0.2, 0.25) is 0 Å². The van der Waals surface area contributed by atoms with Gasteiger partial charge in [-0.2, -0.15) is 0 Å². The molecule has 0 radical (unpaired) electrons. The fourth-order valence-corrected chi connectivity index (χ4v) is 3.11. The number of aromatic hydroxyl groups is 1. The molecule has 0 amide bonds. The van der Waals surface area contributed by atoms with E-state index in [0.717, 1.165) is 16.0 Å². The highest BCUT2D eigenvalue weighted by atomic mass is 32.1. The summed E-state index contributed by atoms with van der Waals surface area (Å²) in [6, 6.07) is 16.5. The van der Waals surface area contributed by atoms with Gasteiger partial charge in [0.05, 0.1) is 4.88 Å². The third kappa shape index (κ3) is 3.23. The first-order chi connectivity index (χ1) is 10.6. The van der Waals surface area contributed by atoms with Gasteiger partial charge >= 0.3 is 0 Å². The van der Waals surface area contributed by atoms with Crippen LogP contribution in [0, 0.1) is 5.82 Å². The molecule has 0 unspecified atom stereocenters. The Morgan fingerprint density at radius 1 is 1.05 bits per heavy atom. The lowest BCUT2D eigenvalue weighted by Crippen LogP contribution is -2.00. The number of Topliss-reactive ketones (excluding diaryl/α,β-unsaturated/α-hetero) is 1. The van der Waals surface area contributed by atoms with Gasteiger partial charge in [0.1, 0.15) is 11.6 Å². The fourth-order valence-electron chi connectivity index (χ4n) is 2.17. The molecule has 0 aliphatic heterocycles. The Morgan fingerprint density at radius 2 is 1.82 bits per heavy atom. The van der Waals surface area contributed by atoms with Gasteiger partial charge in [-0.1, -0.05) is 24.3 Å². The van der Waals surface area contributed by atoms with Crippen LogP contribution in [0.25, 0.3) is 10.4 Å². The highest BCUT2D eigenvalue weighted by molar-refractivity contribution is 7.17. The molecule has 2 aromatic carbocycles. The lowest BCUT2D eigenvalue weighted by atomic mass is 10.1. The molecule has 0 saturated carbocycles. The number of halogens is 1. The molecule has 3 rings (SSSR count). The van der Waals surface area contributed by atoms with E-state index < -0.39 is 0 Å². The molecule has 2 nitrogen and oxygen atoms in total. The van der Waals surface area contributed by atoms with E-state index in [4.69, 9.17) is 0 Å². The van der Waals surface area contributed by atoms with Crippen molar-refractivity contribution in [1.29, 1.82) is 0 Å². The summed E-state index contributed by atoms with van der Waals surface area (Å²) in [6.45, 7) is 0. The van der Waals surface area contributed by atoms with Crippen LogP contribution in [-0.4, -0.2) is 10.9 Å². The predicted octanol–water partition coefficient (Wildman–Crippen LogP) is 4.69. The normalized spacial score (nSPS) is 10.6. The first-order valence-electron chi connectivity index (χ1n) is 6.79. The summed E-state index contributed by atoms with van der Waals surface area (Å²) in [7, 11) is 0. The lowest BCUT2D eigenvalue weighted by molar-refractivity contribution is 0.0997. The zero-order valence-corrected chi connectivity index (χ0v) is 12.4. The molecule has 22 heavy (non-hydrogen) atoms. The van der Waals surface area contributed by atoms with Crippen molar-refractivity contribution >= 4 is 17.1 Å². The van der Waals surface area contributed by atoms with E-state index in [1.165, 1.54) is 23.5 Å². The second-order valence-electron chi connectivity index (χ2n) is 4.94. The van der Waals surface area contributed by atoms with Crippen LogP contribution in [0.15, 0.2) is 60.7 Å². The molecule has 0 fully saturated rings. The van der Waals surface area contributed by atoms with Crippen molar-refractivity contribution in [2.45, 2.75) is 6.42 Å². The Kier molecular flexibility index (Phi) is 4.02. The highest BCUT2D eigenvalue weighted by Crippen LogP contribution is 2.29. The largest absolute Gasteiger partial charge is 0.508 e. The molecule has 1 aromatic heterocycles. The van der Waals surface area contributed by atoms with E-state index in [1.54, 1.807) is 36.4 Å². The SMILES string of the molecule is O=C(Cc1ccc(O)cc1)c1ccc(-c2cccc(F)c2)s1. The second-order valence-corrected chi connectivity index (χ2v) is 6.02. The first kappa shape index (κ1) is 14.5. The summed E-state index contributed by atoms with van der Waals surface area (Å²) in [5.41, 5.74) is 1.62. The van der Waals surface area contributed by atoms with Crippen LogP contribution in [0.4, 0.5) is 4.39 Å². The van der Waals surface area contributed by atoms with Crippen molar-refractivity contribution in [3.05, 3.63) is 76.9 Å². The number of thiophene rings is 1. The van der Waals surface area contributed by atoms with Crippen molar-refractivity contribution in [2.75, 3.05) is 0 Å². The van der Waals surface area contributed by atoms with Crippen molar-refractivity contribution < 1.29 is 14.3 Å². The second kappa shape index (κ2) is 6.12. The van der Waals surface area contributed by atoms with Crippen LogP contribution in [-0.2, 0) is 6.42 Å². The molecule has 0 aliphatic rings. The lowest BCUT2D eigenvalue weighted by Gasteiger charge is -2.00. The topological polar surface area (TPSA) is 37.3 Å². The Morgan fingerprint density at radius 3 is 2.55 bits per heavy atom. The van der Waals surface area contributed by atoms with Gasteiger partial charge in [-0.15, -0.1) is 11.3 Å². The Balaban J connectivity index is 1.78. The molecule has 4 heteroatoms. The maximum Gasteiger partial charge on any atom is 0.177 e. The van der Waals surface area contributed by atoms with E-state index in [2.05, 4.69) is 0 Å². The number of hydrogen-bond acceptors (Lipinski definition) is 3. The van der Waals surface area contributed by atoms with Gasteiger partial charge in [0.2, 0.25) is 0 Å². The summed E-state index contributed by atoms with van der Waals surface area (Å²) in [5.74, 6) is -0.0954. The third-order valence-corrected chi connectivity index (χ3v) is 4.47. The minimum atomic E-state index is -0.289. The van der Waals surface area contributed by atoms with E-state index >= 15 is 0 Å². The van der Waals surface area contributed by atoms with Gasteiger partial charge in [0.15, 0.2) is 5.78 Å². The molecular weight excluding hydrogens is 299 g/mol. The molecule has 110 valence electrons.